The smallest absolute Gasteiger partial charge is 0.116 e. The Hall–Kier alpha value is 0.110. The lowest BCUT2D eigenvalue weighted by Crippen LogP contribution is -2.29. The number of alkyl halides is 2. The lowest BCUT2D eigenvalue weighted by molar-refractivity contribution is 0.598. The van der Waals surface area contributed by atoms with Crippen LogP contribution in [-0.2, 0) is 6.42 Å². The minimum atomic E-state index is -0.452. The van der Waals surface area contributed by atoms with Gasteiger partial charge in [0.25, 0.3) is 0 Å². The van der Waals surface area contributed by atoms with Crippen molar-refractivity contribution in [1.82, 2.24) is 0 Å². The van der Waals surface area contributed by atoms with E-state index in [0.29, 0.717) is 0 Å². The molecule has 2 N–H and O–H groups in total. The number of halogens is 2. The van der Waals surface area contributed by atoms with Crippen LogP contribution in [0, 0.1) is 0 Å². The Labute approximate surface area is 111 Å². The molecule has 0 saturated heterocycles. The van der Waals surface area contributed by atoms with Crippen LogP contribution in [0.4, 0.5) is 0 Å². The summed E-state index contributed by atoms with van der Waals surface area (Å²) in [6, 6.07) is 6.44. The fourth-order valence-electron chi connectivity index (χ4n) is 2.09. The largest absolute Gasteiger partial charge is 0.327 e. The van der Waals surface area contributed by atoms with Gasteiger partial charge >= 0.3 is 0 Å². The predicted molar refractivity (Wildman–Crippen MR) is 72.8 cm³/mol. The number of thioether (sulfide) groups is 1. The number of hydrogen-bond donors (Lipinski definition) is 1. The molecule has 2 rings (SSSR count). The van der Waals surface area contributed by atoms with E-state index in [1.807, 2.05) is 18.7 Å². The molecule has 4 heteroatoms. The Bertz CT molecular complexity index is 371. The van der Waals surface area contributed by atoms with Crippen LogP contribution in [-0.4, -0.2) is 16.6 Å². The van der Waals surface area contributed by atoms with Gasteiger partial charge in [0.2, 0.25) is 0 Å². The molecule has 0 radical (unpaired) electrons. The molecule has 0 amide bonds. The maximum Gasteiger partial charge on any atom is 0.116 e. The first-order chi connectivity index (χ1) is 7.59. The van der Waals surface area contributed by atoms with Crippen LogP contribution in [0.3, 0.4) is 0 Å². The molecule has 88 valence electrons. The summed E-state index contributed by atoms with van der Waals surface area (Å²) in [4.78, 5) is 0.931. The quantitative estimate of drug-likeness (QED) is 0.854. The maximum absolute atomic E-state index is 6.00. The molecule has 0 spiro atoms. The van der Waals surface area contributed by atoms with Gasteiger partial charge in [-0.25, -0.2) is 0 Å². The van der Waals surface area contributed by atoms with Crippen LogP contribution < -0.4 is 5.73 Å². The molecule has 0 bridgehead atoms. The molecule has 1 aromatic rings. The van der Waals surface area contributed by atoms with E-state index in [1.165, 1.54) is 16.2 Å². The summed E-state index contributed by atoms with van der Waals surface area (Å²) in [5, 5.41) is 0. The highest BCUT2D eigenvalue weighted by atomic mass is 35.5. The second kappa shape index (κ2) is 5.18. The molecule has 0 aromatic heterocycles. The van der Waals surface area contributed by atoms with Crippen LogP contribution in [0.15, 0.2) is 23.1 Å². The van der Waals surface area contributed by atoms with E-state index in [9.17, 15) is 0 Å². The monoisotopic (exact) mass is 275 g/mol. The minimum absolute atomic E-state index is 0.0132. The van der Waals surface area contributed by atoms with Gasteiger partial charge in [0.05, 0.1) is 0 Å². The van der Waals surface area contributed by atoms with Crippen molar-refractivity contribution in [3.8, 4) is 0 Å². The van der Waals surface area contributed by atoms with E-state index >= 15 is 0 Å². The molecule has 1 aromatic carbocycles. The first-order valence-electron chi connectivity index (χ1n) is 5.39. The van der Waals surface area contributed by atoms with Gasteiger partial charge in [-0.15, -0.1) is 35.0 Å². The molecule has 1 heterocycles. The summed E-state index contributed by atoms with van der Waals surface area (Å²) in [5.74, 6) is 1.19. The zero-order chi connectivity index (χ0) is 11.7. The van der Waals surface area contributed by atoms with E-state index in [1.54, 1.807) is 0 Å². The second-order valence-corrected chi connectivity index (χ2v) is 6.49. The normalized spacial score (nSPS) is 18.6. The van der Waals surface area contributed by atoms with Gasteiger partial charge in [-0.05, 0) is 30.5 Å². The number of benzene rings is 1. The lowest BCUT2D eigenvalue weighted by atomic mass is 9.93. The standard InChI is InChI=1S/C12H15Cl2NS/c1-7(15)11(12(13)14)9-2-3-10-8(6-9)4-5-16-10/h2-3,6-7,11-12H,4-5,15H2,1H3. The lowest BCUT2D eigenvalue weighted by Gasteiger charge is -2.22. The van der Waals surface area contributed by atoms with Crippen molar-refractivity contribution in [1.29, 1.82) is 0 Å². The van der Waals surface area contributed by atoms with Gasteiger partial charge < -0.3 is 5.73 Å². The summed E-state index contributed by atoms with van der Waals surface area (Å²) in [5.41, 5.74) is 8.50. The van der Waals surface area contributed by atoms with Crippen molar-refractivity contribution < 1.29 is 0 Å². The molecule has 1 nitrogen and oxygen atoms in total. The third kappa shape index (κ3) is 2.51. The van der Waals surface area contributed by atoms with Gasteiger partial charge in [0.1, 0.15) is 4.84 Å². The van der Waals surface area contributed by atoms with Crippen molar-refractivity contribution in [2.45, 2.75) is 35.0 Å². The Kier molecular flexibility index (Phi) is 4.06. The van der Waals surface area contributed by atoms with Crippen LogP contribution in [0.25, 0.3) is 0 Å². The zero-order valence-electron chi connectivity index (χ0n) is 9.12. The van der Waals surface area contributed by atoms with Crippen molar-refractivity contribution in [3.05, 3.63) is 29.3 Å². The van der Waals surface area contributed by atoms with E-state index < -0.39 is 4.84 Å². The molecule has 0 fully saturated rings. The number of rotatable bonds is 3. The Morgan fingerprint density at radius 1 is 1.38 bits per heavy atom. The molecular formula is C12H15Cl2NS. The summed E-state index contributed by atoms with van der Waals surface area (Å²) in [6.45, 7) is 1.95. The average Bonchev–Trinajstić information content (AvgIpc) is 2.63. The third-order valence-electron chi connectivity index (χ3n) is 2.94. The van der Waals surface area contributed by atoms with Gasteiger partial charge in [-0.3, -0.25) is 0 Å². The molecule has 1 aliphatic rings. The zero-order valence-corrected chi connectivity index (χ0v) is 11.4. The highest BCUT2D eigenvalue weighted by Gasteiger charge is 2.24. The molecule has 1 aliphatic heterocycles. The van der Waals surface area contributed by atoms with Gasteiger partial charge in [-0.2, -0.15) is 0 Å². The van der Waals surface area contributed by atoms with Gasteiger partial charge in [-0.1, -0.05) is 12.1 Å². The van der Waals surface area contributed by atoms with E-state index in [-0.39, 0.29) is 12.0 Å². The fraction of sp³-hybridized carbons (Fsp3) is 0.500. The number of nitrogens with two attached hydrogens (primary N) is 1. The van der Waals surface area contributed by atoms with Crippen LogP contribution in [0.5, 0.6) is 0 Å². The topological polar surface area (TPSA) is 26.0 Å². The molecule has 16 heavy (non-hydrogen) atoms. The van der Waals surface area contributed by atoms with E-state index in [0.717, 1.165) is 12.0 Å². The summed E-state index contributed by atoms with van der Waals surface area (Å²) in [7, 11) is 0. The van der Waals surface area contributed by atoms with Crippen molar-refractivity contribution in [3.63, 3.8) is 0 Å². The SMILES string of the molecule is CC(N)C(c1ccc2c(c1)CCS2)C(Cl)Cl. The molecule has 2 atom stereocenters. The molecule has 0 saturated carbocycles. The fourth-order valence-corrected chi connectivity index (χ4v) is 3.89. The van der Waals surface area contributed by atoms with Crippen molar-refractivity contribution in [2.75, 3.05) is 5.75 Å². The van der Waals surface area contributed by atoms with Gasteiger partial charge in [0.15, 0.2) is 0 Å². The first-order valence-corrected chi connectivity index (χ1v) is 7.25. The van der Waals surface area contributed by atoms with Crippen molar-refractivity contribution >= 4 is 35.0 Å². The van der Waals surface area contributed by atoms with Crippen LogP contribution in [0.2, 0.25) is 0 Å². The Morgan fingerprint density at radius 3 is 2.75 bits per heavy atom. The summed E-state index contributed by atoms with van der Waals surface area (Å²) < 4.78 is 0. The average molecular weight is 276 g/mol. The molecule has 0 aliphatic carbocycles. The molecular weight excluding hydrogens is 261 g/mol. The van der Waals surface area contributed by atoms with Crippen LogP contribution >= 0.6 is 35.0 Å². The first kappa shape index (κ1) is 12.6. The predicted octanol–water partition coefficient (Wildman–Crippen LogP) is 3.57. The van der Waals surface area contributed by atoms with Gasteiger partial charge in [0, 0.05) is 22.6 Å². The van der Waals surface area contributed by atoms with E-state index in [4.69, 9.17) is 28.9 Å². The second-order valence-electron chi connectivity index (χ2n) is 4.18. The minimum Gasteiger partial charge on any atom is -0.327 e. The highest BCUT2D eigenvalue weighted by molar-refractivity contribution is 7.99. The Balaban J connectivity index is 2.32. The van der Waals surface area contributed by atoms with Crippen LogP contribution in [0.1, 0.15) is 24.0 Å². The summed E-state index contributed by atoms with van der Waals surface area (Å²) >= 11 is 13.9. The Morgan fingerprint density at radius 2 is 2.12 bits per heavy atom. The highest BCUT2D eigenvalue weighted by Crippen LogP contribution is 2.36. The molecule has 2 unspecified atom stereocenters. The number of fused-ring (bicyclic) bond motifs is 1. The van der Waals surface area contributed by atoms with Crippen molar-refractivity contribution in [2.24, 2.45) is 5.73 Å². The summed E-state index contributed by atoms with van der Waals surface area (Å²) in [6.07, 6.45) is 1.13. The third-order valence-corrected chi connectivity index (χ3v) is 4.60. The van der Waals surface area contributed by atoms with E-state index in [2.05, 4.69) is 18.2 Å². The number of aryl methyl sites for hydroxylation is 1. The number of hydrogen-bond acceptors (Lipinski definition) is 2. The maximum atomic E-state index is 6.00.